The minimum absolute atomic E-state index is 0.269. The van der Waals surface area contributed by atoms with Gasteiger partial charge in [-0.1, -0.05) is 29.8 Å². The third kappa shape index (κ3) is 3.39. The number of benzene rings is 1. The summed E-state index contributed by atoms with van der Waals surface area (Å²) >= 11 is 0. The second-order valence-electron chi connectivity index (χ2n) is 4.56. The van der Waals surface area contributed by atoms with E-state index < -0.39 is 0 Å². The van der Waals surface area contributed by atoms with Crippen LogP contribution in [-0.4, -0.2) is 20.2 Å². The van der Waals surface area contributed by atoms with Gasteiger partial charge in [0.1, 0.15) is 0 Å². The monoisotopic (exact) mass is 266 g/mol. The van der Waals surface area contributed by atoms with Crippen molar-refractivity contribution < 1.29 is 0 Å². The van der Waals surface area contributed by atoms with Gasteiger partial charge in [-0.2, -0.15) is 15.3 Å². The molecule has 20 heavy (non-hydrogen) atoms. The Morgan fingerprint density at radius 3 is 2.65 bits per heavy atom. The zero-order chi connectivity index (χ0) is 14.4. The van der Waals surface area contributed by atoms with Crippen LogP contribution in [0.2, 0.25) is 0 Å². The molecule has 0 saturated carbocycles. The number of tetrazole rings is 1. The maximum absolute atomic E-state index is 9.02. The molecule has 0 amide bonds. The lowest BCUT2D eigenvalue weighted by Crippen LogP contribution is -2.12. The Bertz CT molecular complexity index is 644. The van der Waals surface area contributed by atoms with Gasteiger partial charge in [0.25, 0.3) is 0 Å². The van der Waals surface area contributed by atoms with Crippen molar-refractivity contribution in [1.29, 1.82) is 10.5 Å². The van der Waals surface area contributed by atoms with Gasteiger partial charge in [0.2, 0.25) is 5.82 Å². The number of aryl methyl sites for hydroxylation is 1. The fraction of sp³-hybridized carbons (Fsp3) is 0.357. The maximum Gasteiger partial charge on any atom is 0.204 e. The van der Waals surface area contributed by atoms with E-state index in [1.54, 1.807) is 0 Å². The maximum atomic E-state index is 9.02. The Hall–Kier alpha value is -2.73. The van der Waals surface area contributed by atoms with Crippen molar-refractivity contribution in [2.75, 3.05) is 0 Å². The molecule has 2 rings (SSSR count). The number of hydrogen-bond acceptors (Lipinski definition) is 5. The number of nitriles is 2. The van der Waals surface area contributed by atoms with Crippen LogP contribution in [0.15, 0.2) is 24.3 Å². The van der Waals surface area contributed by atoms with Gasteiger partial charge in [-0.25, -0.2) is 0 Å². The van der Waals surface area contributed by atoms with Crippen LogP contribution in [0.4, 0.5) is 0 Å². The van der Waals surface area contributed by atoms with E-state index in [0.717, 1.165) is 5.56 Å². The molecule has 1 aromatic heterocycles. The molecule has 6 heteroatoms. The molecular weight excluding hydrogens is 252 g/mol. The molecule has 0 N–H and O–H groups in total. The van der Waals surface area contributed by atoms with E-state index in [9.17, 15) is 0 Å². The zero-order valence-electron chi connectivity index (χ0n) is 11.2. The molecule has 0 unspecified atom stereocenters. The summed E-state index contributed by atoms with van der Waals surface area (Å²) in [6.07, 6.45) is 0.881. The van der Waals surface area contributed by atoms with Crippen LogP contribution in [0.5, 0.6) is 0 Å². The van der Waals surface area contributed by atoms with Crippen LogP contribution in [0.1, 0.15) is 18.4 Å². The van der Waals surface area contributed by atoms with E-state index >= 15 is 0 Å². The molecule has 1 heterocycles. The summed E-state index contributed by atoms with van der Waals surface area (Å²) in [5.74, 6) is 0.275. The molecule has 0 aliphatic heterocycles. The summed E-state index contributed by atoms with van der Waals surface area (Å²) in [5, 5.41) is 29.8. The van der Waals surface area contributed by atoms with Crippen molar-refractivity contribution >= 4 is 0 Å². The van der Waals surface area contributed by atoms with Crippen LogP contribution in [0, 0.1) is 35.5 Å². The second-order valence-corrected chi connectivity index (χ2v) is 4.56. The fourth-order valence-electron chi connectivity index (χ4n) is 1.77. The third-order valence-corrected chi connectivity index (χ3v) is 2.93. The summed E-state index contributed by atoms with van der Waals surface area (Å²) in [6, 6.07) is 12.1. The Labute approximate surface area is 117 Å². The molecule has 0 spiro atoms. The van der Waals surface area contributed by atoms with Gasteiger partial charge in [0.05, 0.1) is 24.6 Å². The third-order valence-electron chi connectivity index (χ3n) is 2.93. The van der Waals surface area contributed by atoms with Crippen molar-refractivity contribution in [1.82, 2.24) is 20.2 Å². The van der Waals surface area contributed by atoms with Crippen LogP contribution in [-0.2, 0) is 6.54 Å². The van der Waals surface area contributed by atoms with Gasteiger partial charge in [-0.15, -0.1) is 10.2 Å². The normalized spacial score (nSPS) is 11.6. The molecule has 0 aliphatic carbocycles. The van der Waals surface area contributed by atoms with Crippen molar-refractivity contribution in [3.05, 3.63) is 29.8 Å². The highest BCUT2D eigenvalue weighted by molar-refractivity contribution is 5.53. The van der Waals surface area contributed by atoms with E-state index in [1.165, 1.54) is 10.4 Å². The van der Waals surface area contributed by atoms with E-state index in [1.807, 2.05) is 37.3 Å². The second kappa shape index (κ2) is 6.44. The summed E-state index contributed by atoms with van der Waals surface area (Å²) in [6.45, 7) is 2.37. The van der Waals surface area contributed by atoms with E-state index in [4.69, 9.17) is 10.5 Å². The molecular formula is C14H14N6. The average Bonchev–Trinajstić information content (AvgIpc) is 2.92. The van der Waals surface area contributed by atoms with E-state index in [-0.39, 0.29) is 5.92 Å². The predicted octanol–water partition coefficient (Wildman–Crippen LogP) is 2.09. The Kier molecular flexibility index (Phi) is 4.41. The van der Waals surface area contributed by atoms with Gasteiger partial charge in [-0.05, 0) is 18.6 Å². The topological polar surface area (TPSA) is 91.2 Å². The molecule has 1 atom stereocenters. The summed E-state index contributed by atoms with van der Waals surface area (Å²) < 4.78 is 0. The molecule has 0 saturated heterocycles. The molecule has 0 aliphatic rings. The number of rotatable bonds is 5. The molecule has 0 radical (unpaired) electrons. The Morgan fingerprint density at radius 1 is 1.25 bits per heavy atom. The van der Waals surface area contributed by atoms with Crippen molar-refractivity contribution in [3.8, 4) is 23.5 Å². The quantitative estimate of drug-likeness (QED) is 0.826. The minimum Gasteiger partial charge on any atom is -0.198 e. The lowest BCUT2D eigenvalue weighted by Gasteiger charge is -2.03. The highest BCUT2D eigenvalue weighted by Gasteiger charge is 2.12. The van der Waals surface area contributed by atoms with Crippen LogP contribution in [0.25, 0.3) is 11.4 Å². The standard InChI is InChI=1S/C14H14N6/c1-11-4-6-13(7-5-11)14-17-19-20(18-14)10-12(9-16)3-2-8-15/h4-7,12H,2-3,10H2,1H3/t12-/m1/s1. The highest BCUT2D eigenvalue weighted by Crippen LogP contribution is 2.14. The van der Waals surface area contributed by atoms with E-state index in [0.29, 0.717) is 25.2 Å². The molecule has 100 valence electrons. The highest BCUT2D eigenvalue weighted by atomic mass is 15.6. The number of hydrogen-bond donors (Lipinski definition) is 0. The molecule has 0 fully saturated rings. The van der Waals surface area contributed by atoms with Gasteiger partial charge in [-0.3, -0.25) is 0 Å². The minimum atomic E-state index is -0.269. The van der Waals surface area contributed by atoms with Crippen molar-refractivity contribution in [3.63, 3.8) is 0 Å². The predicted molar refractivity (Wildman–Crippen MR) is 71.9 cm³/mol. The fourth-order valence-corrected chi connectivity index (χ4v) is 1.77. The van der Waals surface area contributed by atoms with Crippen LogP contribution in [0.3, 0.4) is 0 Å². The molecule has 0 bridgehead atoms. The first-order chi connectivity index (χ1) is 9.72. The van der Waals surface area contributed by atoms with Crippen LogP contribution >= 0.6 is 0 Å². The molecule has 2 aromatic rings. The van der Waals surface area contributed by atoms with E-state index in [2.05, 4.69) is 21.5 Å². The largest absolute Gasteiger partial charge is 0.204 e. The van der Waals surface area contributed by atoms with Gasteiger partial charge in [0, 0.05) is 12.0 Å². The van der Waals surface area contributed by atoms with Crippen molar-refractivity contribution in [2.45, 2.75) is 26.3 Å². The number of nitrogens with zero attached hydrogens (tertiary/aromatic N) is 6. The van der Waals surface area contributed by atoms with Crippen LogP contribution < -0.4 is 0 Å². The average molecular weight is 266 g/mol. The first kappa shape index (κ1) is 13.7. The van der Waals surface area contributed by atoms with Gasteiger partial charge < -0.3 is 0 Å². The summed E-state index contributed by atoms with van der Waals surface area (Å²) in [4.78, 5) is 1.42. The first-order valence-corrected chi connectivity index (χ1v) is 6.34. The Morgan fingerprint density at radius 2 is 2.00 bits per heavy atom. The molecule has 1 aromatic carbocycles. The van der Waals surface area contributed by atoms with Crippen molar-refractivity contribution in [2.24, 2.45) is 5.92 Å². The number of aromatic nitrogens is 4. The lowest BCUT2D eigenvalue weighted by atomic mass is 10.1. The zero-order valence-corrected chi connectivity index (χ0v) is 11.2. The lowest BCUT2D eigenvalue weighted by molar-refractivity contribution is 0.427. The smallest absolute Gasteiger partial charge is 0.198 e. The van der Waals surface area contributed by atoms with Gasteiger partial charge >= 0.3 is 0 Å². The SMILES string of the molecule is Cc1ccc(-c2nnn(C[C@@H](C#N)CCC#N)n2)cc1. The molecule has 6 nitrogen and oxygen atoms in total. The first-order valence-electron chi connectivity index (χ1n) is 6.34. The summed E-state index contributed by atoms with van der Waals surface area (Å²) in [7, 11) is 0. The van der Waals surface area contributed by atoms with Gasteiger partial charge in [0.15, 0.2) is 0 Å². The Balaban J connectivity index is 2.07. The summed E-state index contributed by atoms with van der Waals surface area (Å²) in [5.41, 5.74) is 2.06.